The zero-order valence-corrected chi connectivity index (χ0v) is 12.7. The molecule has 1 atom stereocenters. The summed E-state index contributed by atoms with van der Waals surface area (Å²) in [5, 5.41) is 20.2. The minimum atomic E-state index is -0.361. The van der Waals surface area contributed by atoms with Crippen LogP contribution >= 0.6 is 0 Å². The van der Waals surface area contributed by atoms with Crippen molar-refractivity contribution in [2.75, 3.05) is 13.1 Å². The lowest BCUT2D eigenvalue weighted by molar-refractivity contribution is -0.0269. The summed E-state index contributed by atoms with van der Waals surface area (Å²) in [6, 6.07) is 7.19. The SMILES string of the molecule is CCC(CC)(C(O)Cc1ccc(O)cc1)N1CCCC1. The van der Waals surface area contributed by atoms with Gasteiger partial charge in [-0.25, -0.2) is 0 Å². The van der Waals surface area contributed by atoms with Crippen LogP contribution < -0.4 is 0 Å². The lowest BCUT2D eigenvalue weighted by Crippen LogP contribution is -2.55. The average molecular weight is 277 g/mol. The number of aliphatic hydroxyl groups is 1. The van der Waals surface area contributed by atoms with Gasteiger partial charge >= 0.3 is 0 Å². The third-order valence-electron chi connectivity index (χ3n) is 4.95. The number of aromatic hydroxyl groups is 1. The molecule has 1 unspecified atom stereocenters. The average Bonchev–Trinajstić information content (AvgIpc) is 2.98. The van der Waals surface area contributed by atoms with Crippen LogP contribution in [0.25, 0.3) is 0 Å². The molecule has 0 saturated carbocycles. The fraction of sp³-hybridized carbons (Fsp3) is 0.647. The van der Waals surface area contributed by atoms with Crippen LogP contribution in [0.4, 0.5) is 0 Å². The van der Waals surface area contributed by atoms with E-state index in [2.05, 4.69) is 18.7 Å². The molecule has 0 amide bonds. The summed E-state index contributed by atoms with van der Waals surface area (Å²) in [7, 11) is 0. The number of likely N-dealkylation sites (tertiary alicyclic amines) is 1. The van der Waals surface area contributed by atoms with Crippen molar-refractivity contribution >= 4 is 0 Å². The molecular formula is C17H27NO2. The number of hydrogen-bond acceptors (Lipinski definition) is 3. The molecule has 2 rings (SSSR count). The van der Waals surface area contributed by atoms with E-state index < -0.39 is 0 Å². The van der Waals surface area contributed by atoms with Gasteiger partial charge in [-0.05, 0) is 56.5 Å². The maximum atomic E-state index is 10.8. The van der Waals surface area contributed by atoms with Crippen LogP contribution in [-0.4, -0.2) is 39.8 Å². The summed E-state index contributed by atoms with van der Waals surface area (Å²) in [4.78, 5) is 2.48. The molecule has 0 radical (unpaired) electrons. The molecule has 3 nitrogen and oxygen atoms in total. The van der Waals surface area contributed by atoms with Gasteiger partial charge in [-0.2, -0.15) is 0 Å². The molecule has 0 spiro atoms. The number of aliphatic hydroxyl groups excluding tert-OH is 1. The molecule has 1 aliphatic rings. The van der Waals surface area contributed by atoms with E-state index in [9.17, 15) is 10.2 Å². The number of phenols is 1. The first-order valence-corrected chi connectivity index (χ1v) is 7.83. The number of nitrogens with zero attached hydrogens (tertiary/aromatic N) is 1. The zero-order chi connectivity index (χ0) is 14.6. The Hall–Kier alpha value is -1.06. The Morgan fingerprint density at radius 3 is 2.15 bits per heavy atom. The van der Waals surface area contributed by atoms with Gasteiger partial charge in [0.15, 0.2) is 0 Å². The standard InChI is InChI=1S/C17H27NO2/c1-3-17(4-2,18-11-5-6-12-18)16(20)13-14-7-9-15(19)10-8-14/h7-10,16,19-20H,3-6,11-13H2,1-2H3. The van der Waals surface area contributed by atoms with Crippen molar-refractivity contribution in [3.63, 3.8) is 0 Å². The summed E-state index contributed by atoms with van der Waals surface area (Å²) in [5.41, 5.74) is 0.981. The fourth-order valence-corrected chi connectivity index (χ4v) is 3.59. The highest BCUT2D eigenvalue weighted by Crippen LogP contribution is 2.33. The molecule has 1 fully saturated rings. The van der Waals surface area contributed by atoms with Crippen molar-refractivity contribution in [2.24, 2.45) is 0 Å². The summed E-state index contributed by atoms with van der Waals surface area (Å²) >= 11 is 0. The van der Waals surface area contributed by atoms with Gasteiger partial charge < -0.3 is 10.2 Å². The van der Waals surface area contributed by atoms with E-state index in [1.807, 2.05) is 12.1 Å². The Kier molecular flexibility index (Phi) is 5.06. The smallest absolute Gasteiger partial charge is 0.115 e. The predicted octanol–water partition coefficient (Wildman–Crippen LogP) is 2.95. The van der Waals surface area contributed by atoms with Crippen molar-refractivity contribution in [3.05, 3.63) is 29.8 Å². The third-order valence-corrected chi connectivity index (χ3v) is 4.95. The second-order valence-corrected chi connectivity index (χ2v) is 5.89. The highest BCUT2D eigenvalue weighted by atomic mass is 16.3. The van der Waals surface area contributed by atoms with Crippen LogP contribution in [0.5, 0.6) is 5.75 Å². The van der Waals surface area contributed by atoms with Gasteiger partial charge in [0.2, 0.25) is 0 Å². The Bertz CT molecular complexity index is 406. The Labute approximate surface area is 122 Å². The maximum absolute atomic E-state index is 10.8. The summed E-state index contributed by atoms with van der Waals surface area (Å²) in [5.74, 6) is 0.278. The molecule has 1 aromatic rings. The number of benzene rings is 1. The summed E-state index contributed by atoms with van der Waals surface area (Å²) in [6.07, 6.45) is 4.73. The van der Waals surface area contributed by atoms with Gasteiger partial charge in [-0.15, -0.1) is 0 Å². The minimum Gasteiger partial charge on any atom is -0.508 e. The molecule has 3 heteroatoms. The molecular weight excluding hydrogens is 250 g/mol. The highest BCUT2D eigenvalue weighted by Gasteiger charge is 2.41. The third kappa shape index (κ3) is 2.99. The lowest BCUT2D eigenvalue weighted by atomic mass is 9.82. The van der Waals surface area contributed by atoms with Gasteiger partial charge in [-0.1, -0.05) is 26.0 Å². The van der Waals surface area contributed by atoms with E-state index in [0.29, 0.717) is 6.42 Å². The first kappa shape index (κ1) is 15.3. The van der Waals surface area contributed by atoms with Crippen LogP contribution in [0.3, 0.4) is 0 Å². The van der Waals surface area contributed by atoms with Gasteiger partial charge in [0.05, 0.1) is 6.10 Å². The van der Waals surface area contributed by atoms with Crippen molar-refractivity contribution in [3.8, 4) is 5.75 Å². The first-order chi connectivity index (χ1) is 9.62. The van der Waals surface area contributed by atoms with E-state index in [0.717, 1.165) is 31.5 Å². The summed E-state index contributed by atoms with van der Waals surface area (Å²) in [6.45, 7) is 6.58. The predicted molar refractivity (Wildman–Crippen MR) is 81.9 cm³/mol. The molecule has 0 aromatic heterocycles. The Morgan fingerprint density at radius 2 is 1.65 bits per heavy atom. The molecule has 2 N–H and O–H groups in total. The largest absolute Gasteiger partial charge is 0.508 e. The van der Waals surface area contributed by atoms with E-state index in [1.165, 1.54) is 12.8 Å². The number of phenolic OH excluding ortho intramolecular Hbond substituents is 1. The van der Waals surface area contributed by atoms with Crippen LogP contribution in [0.15, 0.2) is 24.3 Å². The quantitative estimate of drug-likeness (QED) is 0.840. The van der Waals surface area contributed by atoms with Crippen LogP contribution in [0.1, 0.15) is 45.1 Å². The molecule has 1 saturated heterocycles. The number of hydrogen-bond donors (Lipinski definition) is 2. The van der Waals surface area contributed by atoms with E-state index in [1.54, 1.807) is 12.1 Å². The van der Waals surface area contributed by atoms with Gasteiger partial charge in [0.1, 0.15) is 5.75 Å². The first-order valence-electron chi connectivity index (χ1n) is 7.83. The van der Waals surface area contributed by atoms with Gasteiger partial charge in [0.25, 0.3) is 0 Å². The van der Waals surface area contributed by atoms with Gasteiger partial charge in [-0.3, -0.25) is 4.90 Å². The van der Waals surface area contributed by atoms with Crippen molar-refractivity contribution < 1.29 is 10.2 Å². The summed E-state index contributed by atoms with van der Waals surface area (Å²) < 4.78 is 0. The monoisotopic (exact) mass is 277 g/mol. The van der Waals surface area contributed by atoms with E-state index in [-0.39, 0.29) is 17.4 Å². The normalized spacial score (nSPS) is 18.4. The zero-order valence-electron chi connectivity index (χ0n) is 12.7. The molecule has 1 aromatic carbocycles. The molecule has 112 valence electrons. The Balaban J connectivity index is 2.13. The minimum absolute atomic E-state index is 0.103. The Morgan fingerprint density at radius 1 is 1.10 bits per heavy atom. The molecule has 1 aliphatic heterocycles. The molecule has 1 heterocycles. The van der Waals surface area contributed by atoms with Crippen LogP contribution in [0, 0.1) is 0 Å². The maximum Gasteiger partial charge on any atom is 0.115 e. The highest BCUT2D eigenvalue weighted by molar-refractivity contribution is 5.26. The van der Waals surface area contributed by atoms with Crippen molar-refractivity contribution in [1.82, 2.24) is 4.90 Å². The topological polar surface area (TPSA) is 43.7 Å². The second kappa shape index (κ2) is 6.59. The van der Waals surface area contributed by atoms with Gasteiger partial charge in [0, 0.05) is 12.0 Å². The van der Waals surface area contributed by atoms with E-state index in [4.69, 9.17) is 0 Å². The fourth-order valence-electron chi connectivity index (χ4n) is 3.59. The molecule has 20 heavy (non-hydrogen) atoms. The number of rotatable bonds is 6. The van der Waals surface area contributed by atoms with E-state index >= 15 is 0 Å². The second-order valence-electron chi connectivity index (χ2n) is 5.89. The molecule has 0 aliphatic carbocycles. The van der Waals surface area contributed by atoms with Crippen molar-refractivity contribution in [2.45, 2.75) is 57.6 Å². The van der Waals surface area contributed by atoms with Crippen LogP contribution in [-0.2, 0) is 6.42 Å². The molecule has 0 bridgehead atoms. The van der Waals surface area contributed by atoms with Crippen LogP contribution in [0.2, 0.25) is 0 Å². The lowest BCUT2D eigenvalue weighted by Gasteiger charge is -2.44. The van der Waals surface area contributed by atoms with Crippen molar-refractivity contribution in [1.29, 1.82) is 0 Å².